The number of nitrogens with zero attached hydrogens (tertiary/aromatic N) is 1. The van der Waals surface area contributed by atoms with Gasteiger partial charge in [0.15, 0.2) is 0 Å². The molecule has 0 unspecified atom stereocenters. The van der Waals surface area contributed by atoms with Gasteiger partial charge >= 0.3 is 0 Å². The predicted molar refractivity (Wildman–Crippen MR) is 80.5 cm³/mol. The SMILES string of the molecule is Cc1cccc(C(=O)Nc2ccncc2N)c1I. The molecule has 0 spiro atoms. The van der Waals surface area contributed by atoms with E-state index in [1.807, 2.05) is 19.1 Å². The van der Waals surface area contributed by atoms with Crippen LogP contribution < -0.4 is 11.1 Å². The Kier molecular flexibility index (Phi) is 3.81. The molecule has 0 fully saturated rings. The average Bonchev–Trinajstić information content (AvgIpc) is 2.35. The Balaban J connectivity index is 2.28. The van der Waals surface area contributed by atoms with Gasteiger partial charge < -0.3 is 11.1 Å². The molecule has 0 saturated carbocycles. The van der Waals surface area contributed by atoms with Crippen molar-refractivity contribution >= 4 is 39.9 Å². The molecule has 0 atom stereocenters. The summed E-state index contributed by atoms with van der Waals surface area (Å²) in [4.78, 5) is 16.0. The largest absolute Gasteiger partial charge is 0.396 e. The zero-order chi connectivity index (χ0) is 13.1. The highest BCUT2D eigenvalue weighted by molar-refractivity contribution is 14.1. The number of rotatable bonds is 2. The van der Waals surface area contributed by atoms with Gasteiger partial charge in [0, 0.05) is 9.77 Å². The molecule has 0 bridgehead atoms. The van der Waals surface area contributed by atoms with E-state index in [0.717, 1.165) is 9.13 Å². The van der Waals surface area contributed by atoms with Gasteiger partial charge in [-0.15, -0.1) is 0 Å². The summed E-state index contributed by atoms with van der Waals surface area (Å²) in [6, 6.07) is 7.30. The average molecular weight is 353 g/mol. The summed E-state index contributed by atoms with van der Waals surface area (Å²) in [5.74, 6) is -0.166. The van der Waals surface area contributed by atoms with Crippen molar-refractivity contribution in [3.05, 3.63) is 51.4 Å². The number of carbonyl (C=O) groups is 1. The summed E-state index contributed by atoms with van der Waals surface area (Å²) >= 11 is 2.17. The molecule has 92 valence electrons. The van der Waals surface area contributed by atoms with Gasteiger partial charge in [-0.2, -0.15) is 0 Å². The summed E-state index contributed by atoms with van der Waals surface area (Å²) in [6.07, 6.45) is 3.10. The standard InChI is InChI=1S/C13H12IN3O/c1-8-3-2-4-9(12(8)14)13(18)17-11-5-6-16-7-10(11)15/h2-7H,15H2,1H3,(H,16,17,18). The van der Waals surface area contributed by atoms with Crippen LogP contribution in [0, 0.1) is 10.5 Å². The summed E-state index contributed by atoms with van der Waals surface area (Å²) in [5.41, 5.74) is 8.48. The molecule has 0 saturated heterocycles. The van der Waals surface area contributed by atoms with E-state index in [1.165, 1.54) is 6.20 Å². The second-order valence-electron chi connectivity index (χ2n) is 3.85. The summed E-state index contributed by atoms with van der Waals surface area (Å²) in [5, 5.41) is 2.79. The number of anilines is 2. The first-order valence-electron chi connectivity index (χ1n) is 5.35. The molecule has 0 aliphatic heterocycles. The van der Waals surface area contributed by atoms with E-state index >= 15 is 0 Å². The summed E-state index contributed by atoms with van der Waals surface area (Å²) in [7, 11) is 0. The zero-order valence-electron chi connectivity index (χ0n) is 9.77. The number of benzene rings is 1. The normalized spacial score (nSPS) is 10.1. The Morgan fingerprint density at radius 3 is 2.89 bits per heavy atom. The molecule has 1 heterocycles. The van der Waals surface area contributed by atoms with Crippen LogP contribution in [0.5, 0.6) is 0 Å². The number of amides is 1. The van der Waals surface area contributed by atoms with Crippen LogP contribution in [-0.2, 0) is 0 Å². The second kappa shape index (κ2) is 5.34. The van der Waals surface area contributed by atoms with Crippen molar-refractivity contribution in [1.82, 2.24) is 4.98 Å². The van der Waals surface area contributed by atoms with Crippen molar-refractivity contribution in [2.75, 3.05) is 11.1 Å². The lowest BCUT2D eigenvalue weighted by molar-refractivity contribution is 0.102. The number of nitrogens with two attached hydrogens (primary N) is 1. The fraction of sp³-hybridized carbons (Fsp3) is 0.0769. The molecule has 0 aliphatic carbocycles. The maximum atomic E-state index is 12.1. The monoisotopic (exact) mass is 353 g/mol. The van der Waals surface area contributed by atoms with Crippen LogP contribution in [0.25, 0.3) is 0 Å². The third kappa shape index (κ3) is 2.61. The Morgan fingerprint density at radius 2 is 2.17 bits per heavy atom. The van der Waals surface area contributed by atoms with E-state index in [-0.39, 0.29) is 5.91 Å². The molecule has 3 N–H and O–H groups in total. The van der Waals surface area contributed by atoms with Crippen LogP contribution in [0.15, 0.2) is 36.7 Å². The van der Waals surface area contributed by atoms with Gasteiger partial charge in [-0.3, -0.25) is 9.78 Å². The molecule has 1 amide bonds. The number of nitrogen functional groups attached to an aromatic ring is 1. The van der Waals surface area contributed by atoms with Gasteiger partial charge in [-0.1, -0.05) is 12.1 Å². The van der Waals surface area contributed by atoms with Gasteiger partial charge in [0.05, 0.1) is 23.1 Å². The Hall–Kier alpha value is -1.63. The lowest BCUT2D eigenvalue weighted by Crippen LogP contribution is -2.15. The minimum absolute atomic E-state index is 0.166. The number of carbonyl (C=O) groups excluding carboxylic acids is 1. The number of pyridine rings is 1. The fourth-order valence-corrected chi connectivity index (χ4v) is 2.14. The van der Waals surface area contributed by atoms with Crippen molar-refractivity contribution in [2.45, 2.75) is 6.92 Å². The summed E-state index contributed by atoms with van der Waals surface area (Å²) in [6.45, 7) is 1.97. The van der Waals surface area contributed by atoms with E-state index in [4.69, 9.17) is 5.73 Å². The highest BCUT2D eigenvalue weighted by atomic mass is 127. The number of halogens is 1. The molecular formula is C13H12IN3O. The molecule has 18 heavy (non-hydrogen) atoms. The fourth-order valence-electron chi connectivity index (χ4n) is 1.53. The lowest BCUT2D eigenvalue weighted by Gasteiger charge is -2.09. The molecule has 4 nitrogen and oxygen atoms in total. The maximum Gasteiger partial charge on any atom is 0.256 e. The molecule has 2 aromatic rings. The van der Waals surface area contributed by atoms with Crippen LogP contribution in [0.2, 0.25) is 0 Å². The van der Waals surface area contributed by atoms with Crippen LogP contribution >= 0.6 is 22.6 Å². The summed E-state index contributed by atoms with van der Waals surface area (Å²) < 4.78 is 0.945. The topological polar surface area (TPSA) is 68.0 Å². The first-order valence-corrected chi connectivity index (χ1v) is 6.43. The molecule has 1 aromatic heterocycles. The van der Waals surface area contributed by atoms with Gasteiger partial charge in [-0.05, 0) is 47.2 Å². The van der Waals surface area contributed by atoms with Crippen LogP contribution in [0.1, 0.15) is 15.9 Å². The van der Waals surface area contributed by atoms with Crippen molar-refractivity contribution < 1.29 is 4.79 Å². The van der Waals surface area contributed by atoms with Crippen molar-refractivity contribution in [1.29, 1.82) is 0 Å². The van der Waals surface area contributed by atoms with E-state index in [9.17, 15) is 4.79 Å². The number of aromatic nitrogens is 1. The quantitative estimate of drug-likeness (QED) is 0.816. The third-order valence-corrected chi connectivity index (χ3v) is 3.97. The molecular weight excluding hydrogens is 341 g/mol. The van der Waals surface area contributed by atoms with Crippen molar-refractivity contribution in [2.24, 2.45) is 0 Å². The van der Waals surface area contributed by atoms with E-state index < -0.39 is 0 Å². The van der Waals surface area contributed by atoms with Gasteiger partial charge in [-0.25, -0.2) is 0 Å². The maximum absolute atomic E-state index is 12.1. The van der Waals surface area contributed by atoms with Gasteiger partial charge in [0.1, 0.15) is 0 Å². The number of aryl methyl sites for hydroxylation is 1. The molecule has 2 rings (SSSR count). The smallest absolute Gasteiger partial charge is 0.256 e. The zero-order valence-corrected chi connectivity index (χ0v) is 11.9. The van der Waals surface area contributed by atoms with E-state index in [1.54, 1.807) is 18.3 Å². The minimum atomic E-state index is -0.166. The molecule has 5 heteroatoms. The van der Waals surface area contributed by atoms with E-state index in [0.29, 0.717) is 16.9 Å². The second-order valence-corrected chi connectivity index (χ2v) is 4.93. The van der Waals surface area contributed by atoms with E-state index in [2.05, 4.69) is 32.9 Å². The first-order chi connectivity index (χ1) is 8.59. The van der Waals surface area contributed by atoms with Crippen molar-refractivity contribution in [3.8, 4) is 0 Å². The number of hydrogen-bond donors (Lipinski definition) is 2. The number of nitrogens with one attached hydrogen (secondary N) is 1. The Labute approximate surface area is 119 Å². The predicted octanol–water partition coefficient (Wildman–Crippen LogP) is 2.83. The highest BCUT2D eigenvalue weighted by Gasteiger charge is 2.12. The van der Waals surface area contributed by atoms with Gasteiger partial charge in [0.25, 0.3) is 5.91 Å². The Bertz CT molecular complexity index is 599. The van der Waals surface area contributed by atoms with Crippen LogP contribution in [0.4, 0.5) is 11.4 Å². The molecule has 0 aliphatic rings. The Morgan fingerprint density at radius 1 is 1.39 bits per heavy atom. The first kappa shape index (κ1) is 12.8. The highest BCUT2D eigenvalue weighted by Crippen LogP contribution is 2.20. The van der Waals surface area contributed by atoms with Crippen molar-refractivity contribution in [3.63, 3.8) is 0 Å². The third-order valence-electron chi connectivity index (χ3n) is 2.54. The minimum Gasteiger partial charge on any atom is -0.396 e. The lowest BCUT2D eigenvalue weighted by atomic mass is 10.1. The van der Waals surface area contributed by atoms with Crippen LogP contribution in [0.3, 0.4) is 0 Å². The van der Waals surface area contributed by atoms with Crippen LogP contribution in [-0.4, -0.2) is 10.9 Å². The molecule has 0 radical (unpaired) electrons. The number of hydrogen-bond acceptors (Lipinski definition) is 3. The van der Waals surface area contributed by atoms with Gasteiger partial charge in [0.2, 0.25) is 0 Å². The molecule has 1 aromatic carbocycles.